The summed E-state index contributed by atoms with van der Waals surface area (Å²) in [6, 6.07) is 3.03. The van der Waals surface area contributed by atoms with E-state index >= 15 is 0 Å². The summed E-state index contributed by atoms with van der Waals surface area (Å²) in [4.78, 5) is 14.7. The zero-order valence-corrected chi connectivity index (χ0v) is 7.38. The van der Waals surface area contributed by atoms with E-state index in [1.807, 2.05) is 0 Å². The fraction of sp³-hybridized carbons (Fsp3) is 0.111. The van der Waals surface area contributed by atoms with E-state index in [1.54, 1.807) is 12.3 Å². The molecule has 0 radical (unpaired) electrons. The Morgan fingerprint density at radius 3 is 3.00 bits per heavy atom. The predicted octanol–water partition coefficient (Wildman–Crippen LogP) is 2.30. The van der Waals surface area contributed by atoms with Gasteiger partial charge < -0.3 is 5.11 Å². The van der Waals surface area contributed by atoms with Gasteiger partial charge in [0.25, 0.3) is 0 Å². The van der Waals surface area contributed by atoms with Gasteiger partial charge in [-0.15, -0.1) is 0 Å². The van der Waals surface area contributed by atoms with Crippen molar-refractivity contribution in [1.29, 1.82) is 0 Å². The van der Waals surface area contributed by atoms with Crippen molar-refractivity contribution < 1.29 is 9.90 Å². The normalized spacial score (nSPS) is 13.0. The summed E-state index contributed by atoms with van der Waals surface area (Å²) >= 11 is 5.84. The molecule has 1 heterocycles. The summed E-state index contributed by atoms with van der Waals surface area (Å²) in [7, 11) is 0. The van der Waals surface area contributed by atoms with Crippen LogP contribution >= 0.6 is 11.6 Å². The van der Waals surface area contributed by atoms with Crippen LogP contribution in [0.5, 0.6) is 0 Å². The number of halogens is 1. The molecule has 0 saturated heterocycles. The van der Waals surface area contributed by atoms with E-state index < -0.39 is 5.97 Å². The van der Waals surface area contributed by atoms with Crippen LogP contribution in [0.4, 0.5) is 5.69 Å². The van der Waals surface area contributed by atoms with E-state index in [2.05, 4.69) is 4.99 Å². The Kier molecular flexibility index (Phi) is 1.81. The molecule has 0 fully saturated rings. The van der Waals surface area contributed by atoms with Gasteiger partial charge in [-0.2, -0.15) is 0 Å². The minimum atomic E-state index is -0.961. The maximum Gasteiger partial charge on any atom is 0.335 e. The summed E-state index contributed by atoms with van der Waals surface area (Å²) in [6.45, 7) is 0. The van der Waals surface area contributed by atoms with Crippen molar-refractivity contribution in [2.45, 2.75) is 6.42 Å². The van der Waals surface area contributed by atoms with E-state index in [0.29, 0.717) is 17.1 Å². The van der Waals surface area contributed by atoms with Crippen molar-refractivity contribution in [3.05, 3.63) is 28.3 Å². The summed E-state index contributed by atoms with van der Waals surface area (Å²) in [5.74, 6) is -0.961. The van der Waals surface area contributed by atoms with Crippen LogP contribution in [0.3, 0.4) is 0 Å². The lowest BCUT2D eigenvalue weighted by Crippen LogP contribution is -1.97. The molecule has 3 nitrogen and oxygen atoms in total. The molecule has 66 valence electrons. The molecule has 0 bridgehead atoms. The molecule has 1 aliphatic heterocycles. The van der Waals surface area contributed by atoms with Crippen molar-refractivity contribution in [3.63, 3.8) is 0 Å². The molecule has 0 atom stereocenters. The van der Waals surface area contributed by atoms with E-state index in [9.17, 15) is 4.79 Å². The van der Waals surface area contributed by atoms with Gasteiger partial charge in [0, 0.05) is 12.6 Å². The van der Waals surface area contributed by atoms with Gasteiger partial charge in [0.05, 0.1) is 16.3 Å². The Hall–Kier alpha value is -1.35. The lowest BCUT2D eigenvalue weighted by atomic mass is 10.1. The topological polar surface area (TPSA) is 49.7 Å². The van der Waals surface area contributed by atoms with Crippen LogP contribution in [0.15, 0.2) is 17.1 Å². The van der Waals surface area contributed by atoms with Crippen molar-refractivity contribution in [1.82, 2.24) is 0 Å². The molecule has 0 spiro atoms. The Balaban J connectivity index is 2.59. The first-order valence-corrected chi connectivity index (χ1v) is 4.14. The standard InChI is InChI=1S/C9H6ClNO2/c10-7-4-6(9(12)13)3-5-1-2-11-8(5)7/h2-4H,1H2,(H,12,13). The molecular weight excluding hydrogens is 190 g/mol. The number of aliphatic imine (C=N–C) groups is 1. The highest BCUT2D eigenvalue weighted by molar-refractivity contribution is 6.33. The minimum Gasteiger partial charge on any atom is -0.478 e. The Bertz CT molecular complexity index is 412. The van der Waals surface area contributed by atoms with Crippen LogP contribution in [0.25, 0.3) is 0 Å². The highest BCUT2D eigenvalue weighted by Gasteiger charge is 2.14. The van der Waals surface area contributed by atoms with Gasteiger partial charge in [-0.25, -0.2) is 4.79 Å². The minimum absolute atomic E-state index is 0.217. The van der Waals surface area contributed by atoms with Crippen LogP contribution in [-0.4, -0.2) is 17.3 Å². The summed E-state index contributed by atoms with van der Waals surface area (Å²) in [6.07, 6.45) is 2.39. The first-order valence-electron chi connectivity index (χ1n) is 3.77. The van der Waals surface area contributed by atoms with Crippen LogP contribution in [0.2, 0.25) is 5.02 Å². The van der Waals surface area contributed by atoms with Gasteiger partial charge in [-0.3, -0.25) is 4.99 Å². The number of carbonyl (C=O) groups is 1. The number of carboxylic acid groups (broad SMARTS) is 1. The maximum atomic E-state index is 10.7. The smallest absolute Gasteiger partial charge is 0.335 e. The number of fused-ring (bicyclic) bond motifs is 1. The van der Waals surface area contributed by atoms with Gasteiger partial charge >= 0.3 is 5.97 Å². The second-order valence-corrected chi connectivity index (χ2v) is 3.19. The number of aromatic carboxylic acids is 1. The van der Waals surface area contributed by atoms with Crippen molar-refractivity contribution in [2.75, 3.05) is 0 Å². The molecule has 1 aromatic rings. The van der Waals surface area contributed by atoms with Gasteiger partial charge in [0.2, 0.25) is 0 Å². The number of benzene rings is 1. The molecule has 13 heavy (non-hydrogen) atoms. The van der Waals surface area contributed by atoms with Crippen molar-refractivity contribution in [2.24, 2.45) is 4.99 Å². The fourth-order valence-electron chi connectivity index (χ4n) is 1.31. The summed E-state index contributed by atoms with van der Waals surface area (Å²) < 4.78 is 0. The van der Waals surface area contributed by atoms with Crippen LogP contribution in [0.1, 0.15) is 15.9 Å². The largest absolute Gasteiger partial charge is 0.478 e. The van der Waals surface area contributed by atoms with E-state index in [4.69, 9.17) is 16.7 Å². The molecule has 1 N–H and O–H groups in total. The molecule has 2 rings (SSSR count). The molecule has 4 heteroatoms. The van der Waals surface area contributed by atoms with Crippen molar-refractivity contribution >= 4 is 29.5 Å². The molecular formula is C9H6ClNO2. The van der Waals surface area contributed by atoms with E-state index in [-0.39, 0.29) is 5.56 Å². The summed E-state index contributed by atoms with van der Waals surface area (Å²) in [5, 5.41) is 9.15. The molecule has 0 aromatic heterocycles. The van der Waals surface area contributed by atoms with Gasteiger partial charge in [0.1, 0.15) is 0 Å². The average molecular weight is 196 g/mol. The molecule has 0 aliphatic carbocycles. The third-order valence-corrected chi connectivity index (χ3v) is 2.21. The van der Waals surface area contributed by atoms with Gasteiger partial charge in [-0.05, 0) is 17.7 Å². The molecule has 1 aliphatic rings. The van der Waals surface area contributed by atoms with Gasteiger partial charge in [-0.1, -0.05) is 11.6 Å². The highest BCUT2D eigenvalue weighted by Crippen LogP contribution is 2.33. The Morgan fingerprint density at radius 2 is 2.31 bits per heavy atom. The third-order valence-electron chi connectivity index (χ3n) is 1.92. The zero-order chi connectivity index (χ0) is 9.42. The first-order chi connectivity index (χ1) is 6.18. The summed E-state index contributed by atoms with van der Waals surface area (Å²) in [5.41, 5.74) is 1.80. The van der Waals surface area contributed by atoms with Crippen LogP contribution in [0, 0.1) is 0 Å². The first kappa shape index (κ1) is 8.26. The van der Waals surface area contributed by atoms with Crippen LogP contribution < -0.4 is 0 Å². The van der Waals surface area contributed by atoms with E-state index in [0.717, 1.165) is 5.56 Å². The lowest BCUT2D eigenvalue weighted by molar-refractivity contribution is 0.0697. The maximum absolute atomic E-state index is 10.7. The lowest BCUT2D eigenvalue weighted by Gasteiger charge is -2.01. The van der Waals surface area contributed by atoms with Crippen molar-refractivity contribution in [3.8, 4) is 0 Å². The quantitative estimate of drug-likeness (QED) is 0.748. The predicted molar refractivity (Wildman–Crippen MR) is 50.3 cm³/mol. The second-order valence-electron chi connectivity index (χ2n) is 2.79. The monoisotopic (exact) mass is 195 g/mol. The molecule has 0 unspecified atom stereocenters. The number of hydrogen-bond acceptors (Lipinski definition) is 2. The molecule has 1 aromatic carbocycles. The molecule has 0 saturated carbocycles. The third kappa shape index (κ3) is 1.31. The number of carboxylic acids is 1. The fourth-order valence-corrected chi connectivity index (χ4v) is 1.60. The number of nitrogens with zero attached hydrogens (tertiary/aromatic N) is 1. The number of rotatable bonds is 1. The zero-order valence-electron chi connectivity index (χ0n) is 6.62. The second kappa shape index (κ2) is 2.85. The number of hydrogen-bond donors (Lipinski definition) is 1. The molecule has 0 amide bonds. The highest BCUT2D eigenvalue weighted by atomic mass is 35.5. The van der Waals surface area contributed by atoms with Gasteiger partial charge in [0.15, 0.2) is 0 Å². The van der Waals surface area contributed by atoms with E-state index in [1.165, 1.54) is 6.07 Å². The Labute approximate surface area is 79.7 Å². The SMILES string of the molecule is O=C(O)c1cc(Cl)c2c(c1)CC=N2. The Morgan fingerprint density at radius 1 is 1.54 bits per heavy atom. The average Bonchev–Trinajstić information content (AvgIpc) is 2.51. The van der Waals surface area contributed by atoms with Crippen LogP contribution in [-0.2, 0) is 6.42 Å².